The predicted octanol–water partition coefficient (Wildman–Crippen LogP) is 1.94. The highest BCUT2D eigenvalue weighted by atomic mass is 15.1. The standard InChI is InChI=1S/C14H28N4/c1-10(9-16-14(4,5)6)15-8-7-13-11(2)17-18-12(13)3/h10,15-16H,7-9H2,1-6H3,(H,17,18). The van der Waals surface area contributed by atoms with Crippen LogP contribution in [0.5, 0.6) is 0 Å². The van der Waals surface area contributed by atoms with E-state index in [0.717, 1.165) is 25.2 Å². The number of aromatic amines is 1. The van der Waals surface area contributed by atoms with Crippen LogP contribution in [-0.2, 0) is 6.42 Å². The van der Waals surface area contributed by atoms with Crippen molar-refractivity contribution in [2.24, 2.45) is 0 Å². The van der Waals surface area contributed by atoms with Crippen LogP contribution in [0.3, 0.4) is 0 Å². The number of nitrogens with one attached hydrogen (secondary N) is 3. The second-order valence-electron chi connectivity index (χ2n) is 6.15. The molecular weight excluding hydrogens is 224 g/mol. The average Bonchev–Trinajstić information content (AvgIpc) is 2.57. The maximum Gasteiger partial charge on any atom is 0.0626 e. The lowest BCUT2D eigenvalue weighted by atomic mass is 10.1. The highest BCUT2D eigenvalue weighted by Gasteiger charge is 2.11. The van der Waals surface area contributed by atoms with Crippen molar-refractivity contribution >= 4 is 0 Å². The van der Waals surface area contributed by atoms with E-state index in [1.807, 2.05) is 0 Å². The smallest absolute Gasteiger partial charge is 0.0626 e. The Morgan fingerprint density at radius 3 is 2.44 bits per heavy atom. The lowest BCUT2D eigenvalue weighted by Crippen LogP contribution is -2.45. The van der Waals surface area contributed by atoms with Gasteiger partial charge in [-0.15, -0.1) is 0 Å². The Bertz CT molecular complexity index is 343. The zero-order valence-corrected chi connectivity index (χ0v) is 12.6. The molecule has 1 rings (SSSR count). The molecule has 0 spiro atoms. The summed E-state index contributed by atoms with van der Waals surface area (Å²) in [5, 5.41) is 14.3. The number of hydrogen-bond donors (Lipinski definition) is 3. The van der Waals surface area contributed by atoms with Gasteiger partial charge in [-0.25, -0.2) is 0 Å². The van der Waals surface area contributed by atoms with Crippen LogP contribution in [0.15, 0.2) is 0 Å². The van der Waals surface area contributed by atoms with Gasteiger partial charge in [0.05, 0.1) is 5.69 Å². The Morgan fingerprint density at radius 2 is 1.94 bits per heavy atom. The van der Waals surface area contributed by atoms with Gasteiger partial charge in [-0.2, -0.15) is 5.10 Å². The lowest BCUT2D eigenvalue weighted by molar-refractivity contribution is 0.389. The zero-order valence-electron chi connectivity index (χ0n) is 12.6. The van der Waals surface area contributed by atoms with Crippen LogP contribution in [0.4, 0.5) is 0 Å². The highest BCUT2D eigenvalue weighted by Crippen LogP contribution is 2.09. The number of rotatable bonds is 6. The Balaban J connectivity index is 2.26. The van der Waals surface area contributed by atoms with Crippen LogP contribution in [0.25, 0.3) is 0 Å². The first-order valence-electron chi connectivity index (χ1n) is 6.78. The van der Waals surface area contributed by atoms with E-state index in [1.54, 1.807) is 0 Å². The van der Waals surface area contributed by atoms with E-state index in [1.165, 1.54) is 11.3 Å². The van der Waals surface area contributed by atoms with E-state index in [4.69, 9.17) is 0 Å². The van der Waals surface area contributed by atoms with Crippen molar-refractivity contribution < 1.29 is 0 Å². The maximum absolute atomic E-state index is 4.22. The van der Waals surface area contributed by atoms with E-state index in [0.29, 0.717) is 6.04 Å². The minimum atomic E-state index is 0.188. The Labute approximate surface area is 111 Å². The summed E-state index contributed by atoms with van der Waals surface area (Å²) in [7, 11) is 0. The molecule has 0 fully saturated rings. The Morgan fingerprint density at radius 1 is 1.28 bits per heavy atom. The molecule has 1 atom stereocenters. The van der Waals surface area contributed by atoms with Crippen molar-refractivity contribution in [2.75, 3.05) is 13.1 Å². The summed E-state index contributed by atoms with van der Waals surface area (Å²) in [5.41, 5.74) is 3.84. The van der Waals surface area contributed by atoms with Crippen LogP contribution in [0.2, 0.25) is 0 Å². The molecule has 4 nitrogen and oxygen atoms in total. The number of nitrogens with zero attached hydrogens (tertiary/aromatic N) is 1. The fraction of sp³-hybridized carbons (Fsp3) is 0.786. The number of aryl methyl sites for hydroxylation is 2. The van der Waals surface area contributed by atoms with E-state index in [-0.39, 0.29) is 5.54 Å². The van der Waals surface area contributed by atoms with Crippen molar-refractivity contribution in [1.29, 1.82) is 0 Å². The second-order valence-corrected chi connectivity index (χ2v) is 6.15. The maximum atomic E-state index is 4.22. The van der Waals surface area contributed by atoms with Crippen LogP contribution < -0.4 is 10.6 Å². The summed E-state index contributed by atoms with van der Waals surface area (Å²) < 4.78 is 0. The van der Waals surface area contributed by atoms with Crippen molar-refractivity contribution in [3.8, 4) is 0 Å². The first kappa shape index (κ1) is 15.2. The molecule has 0 amide bonds. The van der Waals surface area contributed by atoms with Gasteiger partial charge in [0.25, 0.3) is 0 Å². The molecule has 0 aliphatic carbocycles. The molecule has 104 valence electrons. The molecule has 0 aliphatic rings. The summed E-state index contributed by atoms with van der Waals surface area (Å²) in [5.74, 6) is 0. The molecule has 0 saturated heterocycles. The molecule has 3 N–H and O–H groups in total. The predicted molar refractivity (Wildman–Crippen MR) is 77.0 cm³/mol. The number of H-pyrrole nitrogens is 1. The molecule has 0 radical (unpaired) electrons. The normalized spacial score (nSPS) is 13.9. The summed E-state index contributed by atoms with van der Waals surface area (Å²) in [6.45, 7) is 14.9. The average molecular weight is 252 g/mol. The molecule has 18 heavy (non-hydrogen) atoms. The van der Waals surface area contributed by atoms with Gasteiger partial charge in [0.1, 0.15) is 0 Å². The minimum absolute atomic E-state index is 0.188. The SMILES string of the molecule is Cc1n[nH]c(C)c1CCNC(C)CNC(C)(C)C. The van der Waals surface area contributed by atoms with Crippen molar-refractivity contribution in [3.05, 3.63) is 17.0 Å². The largest absolute Gasteiger partial charge is 0.313 e. The Kier molecular flexibility index (Phi) is 5.35. The molecule has 0 bridgehead atoms. The first-order chi connectivity index (χ1) is 8.29. The summed E-state index contributed by atoms with van der Waals surface area (Å²) in [6.07, 6.45) is 1.04. The van der Waals surface area contributed by atoms with Crippen LogP contribution in [-0.4, -0.2) is 34.9 Å². The van der Waals surface area contributed by atoms with Gasteiger partial charge < -0.3 is 10.6 Å². The molecule has 0 saturated carbocycles. The summed E-state index contributed by atoms with van der Waals surface area (Å²) in [6, 6.07) is 0.483. The first-order valence-corrected chi connectivity index (χ1v) is 6.78. The van der Waals surface area contributed by atoms with E-state index < -0.39 is 0 Å². The van der Waals surface area contributed by atoms with Crippen molar-refractivity contribution in [2.45, 2.75) is 59.5 Å². The van der Waals surface area contributed by atoms with E-state index in [2.05, 4.69) is 62.4 Å². The third-order valence-corrected chi connectivity index (χ3v) is 3.09. The second kappa shape index (κ2) is 6.34. The minimum Gasteiger partial charge on any atom is -0.313 e. The molecule has 1 aromatic heterocycles. The van der Waals surface area contributed by atoms with Crippen molar-refractivity contribution in [1.82, 2.24) is 20.8 Å². The summed E-state index contributed by atoms with van der Waals surface area (Å²) in [4.78, 5) is 0. The third-order valence-electron chi connectivity index (χ3n) is 3.09. The van der Waals surface area contributed by atoms with Gasteiger partial charge in [0.2, 0.25) is 0 Å². The molecule has 0 aromatic carbocycles. The van der Waals surface area contributed by atoms with Gasteiger partial charge in [-0.05, 0) is 60.1 Å². The van der Waals surface area contributed by atoms with E-state index in [9.17, 15) is 0 Å². The molecular formula is C14H28N4. The highest BCUT2D eigenvalue weighted by molar-refractivity contribution is 5.23. The van der Waals surface area contributed by atoms with Crippen molar-refractivity contribution in [3.63, 3.8) is 0 Å². The van der Waals surface area contributed by atoms with Crippen LogP contribution >= 0.6 is 0 Å². The summed E-state index contributed by atoms with van der Waals surface area (Å²) >= 11 is 0. The monoisotopic (exact) mass is 252 g/mol. The number of hydrogen-bond acceptors (Lipinski definition) is 3. The van der Waals surface area contributed by atoms with Crippen LogP contribution in [0, 0.1) is 13.8 Å². The molecule has 1 heterocycles. The molecule has 0 aliphatic heterocycles. The van der Waals surface area contributed by atoms with Gasteiger partial charge in [-0.3, -0.25) is 5.10 Å². The zero-order chi connectivity index (χ0) is 13.8. The van der Waals surface area contributed by atoms with Crippen LogP contribution in [0.1, 0.15) is 44.6 Å². The number of aromatic nitrogens is 2. The topological polar surface area (TPSA) is 52.7 Å². The van der Waals surface area contributed by atoms with Gasteiger partial charge in [0.15, 0.2) is 0 Å². The fourth-order valence-corrected chi connectivity index (χ4v) is 1.92. The molecule has 4 heteroatoms. The molecule has 1 unspecified atom stereocenters. The quantitative estimate of drug-likeness (QED) is 0.725. The van der Waals surface area contributed by atoms with Gasteiger partial charge in [-0.1, -0.05) is 0 Å². The molecule has 1 aromatic rings. The fourth-order valence-electron chi connectivity index (χ4n) is 1.92. The Hall–Kier alpha value is -0.870. The van der Waals surface area contributed by atoms with Gasteiger partial charge in [0, 0.05) is 23.8 Å². The van der Waals surface area contributed by atoms with Gasteiger partial charge >= 0.3 is 0 Å². The lowest BCUT2D eigenvalue weighted by Gasteiger charge is -2.24. The van der Waals surface area contributed by atoms with E-state index >= 15 is 0 Å². The third kappa shape index (κ3) is 5.19.